The number of hydrogen-bond donors (Lipinski definition) is 2. The molecule has 0 bridgehead atoms. The first-order chi connectivity index (χ1) is 11.2. The first-order valence-corrected chi connectivity index (χ1v) is 7.42. The van der Waals surface area contributed by atoms with Crippen molar-refractivity contribution in [2.24, 2.45) is 0 Å². The van der Waals surface area contributed by atoms with Gasteiger partial charge in [-0.1, -0.05) is 30.3 Å². The van der Waals surface area contributed by atoms with Gasteiger partial charge in [0.2, 0.25) is 11.8 Å². The molecular formula is C18H18N2O3. The van der Waals surface area contributed by atoms with Gasteiger partial charge in [0.15, 0.2) is 0 Å². The predicted molar refractivity (Wildman–Crippen MR) is 86.7 cm³/mol. The van der Waals surface area contributed by atoms with Gasteiger partial charge in [0.1, 0.15) is 0 Å². The molecular weight excluding hydrogens is 292 g/mol. The molecule has 3 rings (SSSR count). The second-order valence-electron chi connectivity index (χ2n) is 5.34. The molecule has 23 heavy (non-hydrogen) atoms. The summed E-state index contributed by atoms with van der Waals surface area (Å²) in [5.74, 6) is 0.353. The average molecular weight is 310 g/mol. The predicted octanol–water partition coefficient (Wildman–Crippen LogP) is 2.10. The van der Waals surface area contributed by atoms with Gasteiger partial charge in [-0.3, -0.25) is 4.79 Å². The number of carbonyl (C=O) groups is 1. The quantitative estimate of drug-likeness (QED) is 0.857. The molecule has 1 aliphatic rings. The fourth-order valence-electron chi connectivity index (χ4n) is 2.46. The van der Waals surface area contributed by atoms with Gasteiger partial charge in [-0.25, -0.2) is 4.98 Å². The minimum Gasteiger partial charge on any atom is -0.481 e. The van der Waals surface area contributed by atoms with Gasteiger partial charge in [0.05, 0.1) is 19.8 Å². The van der Waals surface area contributed by atoms with Crippen molar-refractivity contribution >= 4 is 11.5 Å². The summed E-state index contributed by atoms with van der Waals surface area (Å²) < 4.78 is 5.01. The molecule has 1 aromatic heterocycles. The summed E-state index contributed by atoms with van der Waals surface area (Å²) in [5, 5.41) is 12.4. The van der Waals surface area contributed by atoms with Crippen LogP contribution in [0.3, 0.4) is 0 Å². The third-order valence-electron chi connectivity index (χ3n) is 3.85. The van der Waals surface area contributed by atoms with Crippen molar-refractivity contribution in [2.75, 3.05) is 13.7 Å². The lowest BCUT2D eigenvalue weighted by molar-refractivity contribution is -0.118. The normalized spacial score (nSPS) is 14.3. The molecule has 5 nitrogen and oxygen atoms in total. The minimum absolute atomic E-state index is 0.140. The molecule has 1 amide bonds. The van der Waals surface area contributed by atoms with Gasteiger partial charge in [-0.05, 0) is 22.8 Å². The van der Waals surface area contributed by atoms with E-state index >= 15 is 0 Å². The summed E-state index contributed by atoms with van der Waals surface area (Å²) in [6.07, 6.45) is 2.29. The van der Waals surface area contributed by atoms with Gasteiger partial charge in [-0.15, -0.1) is 0 Å². The zero-order valence-corrected chi connectivity index (χ0v) is 12.8. The Hall–Kier alpha value is -2.66. The molecule has 1 heterocycles. The number of aliphatic hydroxyl groups excluding tert-OH is 1. The van der Waals surface area contributed by atoms with Crippen molar-refractivity contribution < 1.29 is 14.6 Å². The van der Waals surface area contributed by atoms with Gasteiger partial charge >= 0.3 is 0 Å². The topological polar surface area (TPSA) is 71.5 Å². The standard InChI is InChI=1S/C18H18N2O3/c1-23-17-8-7-13(10-19-17)16(11-21)20-18(22)15-9-14(15)12-5-3-2-4-6-12/h2-8,10,16,21H,9,11H2,1H3,(H,20,22)/t16-/m0/s1. The fraction of sp³-hybridized carbons (Fsp3) is 0.222. The molecule has 0 aliphatic heterocycles. The zero-order chi connectivity index (χ0) is 16.2. The van der Waals surface area contributed by atoms with Gasteiger partial charge < -0.3 is 15.2 Å². The van der Waals surface area contributed by atoms with Crippen LogP contribution < -0.4 is 10.1 Å². The molecule has 2 aromatic rings. The maximum absolute atomic E-state index is 12.3. The smallest absolute Gasteiger partial charge is 0.248 e. The van der Waals surface area contributed by atoms with Crippen LogP contribution in [0.15, 0.2) is 54.2 Å². The summed E-state index contributed by atoms with van der Waals surface area (Å²) in [7, 11) is 1.54. The number of benzene rings is 1. The Morgan fingerprint density at radius 2 is 2.09 bits per heavy atom. The summed E-state index contributed by atoms with van der Waals surface area (Å²) in [5.41, 5.74) is 3.65. The highest BCUT2D eigenvalue weighted by Gasteiger charge is 2.30. The lowest BCUT2D eigenvalue weighted by Crippen LogP contribution is -2.30. The Morgan fingerprint density at radius 1 is 1.30 bits per heavy atom. The van der Waals surface area contributed by atoms with Crippen LogP contribution in [0.25, 0.3) is 5.57 Å². The van der Waals surface area contributed by atoms with Gasteiger partial charge in [0.25, 0.3) is 0 Å². The van der Waals surface area contributed by atoms with E-state index in [1.165, 1.54) is 7.11 Å². The second kappa shape index (κ2) is 6.62. The molecule has 0 saturated carbocycles. The Kier molecular flexibility index (Phi) is 4.39. The van der Waals surface area contributed by atoms with Crippen molar-refractivity contribution in [3.8, 4) is 5.88 Å². The molecule has 0 saturated heterocycles. The number of pyridine rings is 1. The highest BCUT2D eigenvalue weighted by atomic mass is 16.5. The molecule has 5 heteroatoms. The van der Waals surface area contributed by atoms with E-state index in [1.54, 1.807) is 18.3 Å². The van der Waals surface area contributed by atoms with Crippen molar-refractivity contribution in [1.29, 1.82) is 0 Å². The maximum atomic E-state index is 12.3. The number of amides is 1. The SMILES string of the molecule is COc1ccc([C@H](CO)NC(=O)C2=C(c3ccccc3)C2)cn1. The highest BCUT2D eigenvalue weighted by molar-refractivity contribution is 6.10. The van der Waals surface area contributed by atoms with E-state index in [1.807, 2.05) is 30.3 Å². The Bertz CT molecular complexity index is 724. The van der Waals surface area contributed by atoms with Crippen LogP contribution in [0.2, 0.25) is 0 Å². The Morgan fingerprint density at radius 3 is 2.70 bits per heavy atom. The summed E-state index contributed by atoms with van der Waals surface area (Å²) in [6, 6.07) is 12.9. The van der Waals surface area contributed by atoms with Crippen LogP contribution in [0.4, 0.5) is 0 Å². The second-order valence-corrected chi connectivity index (χ2v) is 5.34. The molecule has 0 unspecified atom stereocenters. The summed E-state index contributed by atoms with van der Waals surface area (Å²) in [4.78, 5) is 16.4. The summed E-state index contributed by atoms with van der Waals surface area (Å²) >= 11 is 0. The van der Waals surface area contributed by atoms with Crippen molar-refractivity contribution in [3.05, 3.63) is 65.4 Å². The number of carbonyl (C=O) groups excluding carboxylic acids is 1. The van der Waals surface area contributed by atoms with Crippen molar-refractivity contribution in [2.45, 2.75) is 12.5 Å². The van der Waals surface area contributed by atoms with Crippen LogP contribution in [-0.4, -0.2) is 29.7 Å². The van der Waals surface area contributed by atoms with E-state index < -0.39 is 6.04 Å². The van der Waals surface area contributed by atoms with Gasteiger partial charge in [-0.2, -0.15) is 0 Å². The number of methoxy groups -OCH3 is 1. The number of ether oxygens (including phenoxy) is 1. The third kappa shape index (κ3) is 3.40. The van der Waals surface area contributed by atoms with E-state index in [-0.39, 0.29) is 12.5 Å². The molecule has 0 fully saturated rings. The largest absolute Gasteiger partial charge is 0.481 e. The van der Waals surface area contributed by atoms with E-state index in [0.717, 1.165) is 22.3 Å². The number of rotatable bonds is 6. The molecule has 0 spiro atoms. The molecule has 1 aromatic carbocycles. The Balaban J connectivity index is 1.70. The third-order valence-corrected chi connectivity index (χ3v) is 3.85. The van der Waals surface area contributed by atoms with E-state index in [9.17, 15) is 9.90 Å². The minimum atomic E-state index is -0.481. The molecule has 1 aliphatic carbocycles. The first-order valence-electron chi connectivity index (χ1n) is 7.42. The maximum Gasteiger partial charge on any atom is 0.248 e. The fourth-order valence-corrected chi connectivity index (χ4v) is 2.46. The van der Waals surface area contributed by atoms with Gasteiger partial charge in [0, 0.05) is 24.3 Å². The number of aliphatic hydroxyl groups is 1. The highest BCUT2D eigenvalue weighted by Crippen LogP contribution is 2.40. The van der Waals surface area contributed by atoms with E-state index in [4.69, 9.17) is 4.74 Å². The average Bonchev–Trinajstić information content (AvgIpc) is 3.41. The molecule has 0 radical (unpaired) electrons. The number of nitrogens with zero attached hydrogens (tertiary/aromatic N) is 1. The number of hydrogen-bond acceptors (Lipinski definition) is 4. The molecule has 1 atom stereocenters. The monoisotopic (exact) mass is 310 g/mol. The van der Waals surface area contributed by atoms with Crippen LogP contribution in [0, 0.1) is 0 Å². The van der Waals surface area contributed by atoms with Crippen molar-refractivity contribution in [1.82, 2.24) is 10.3 Å². The number of nitrogens with one attached hydrogen (secondary N) is 1. The Labute approximate surface area is 134 Å². The van der Waals surface area contributed by atoms with Crippen LogP contribution in [-0.2, 0) is 4.79 Å². The number of aromatic nitrogens is 1. The number of allylic oxidation sites excluding steroid dienone is 1. The van der Waals surface area contributed by atoms with Crippen LogP contribution >= 0.6 is 0 Å². The lowest BCUT2D eigenvalue weighted by Gasteiger charge is -2.15. The molecule has 2 N–H and O–H groups in total. The van der Waals surface area contributed by atoms with E-state index in [2.05, 4.69) is 10.3 Å². The lowest BCUT2D eigenvalue weighted by atomic mass is 10.1. The summed E-state index contributed by atoms with van der Waals surface area (Å²) in [6.45, 7) is -0.187. The van der Waals surface area contributed by atoms with Crippen molar-refractivity contribution in [3.63, 3.8) is 0 Å². The van der Waals surface area contributed by atoms with Crippen LogP contribution in [0.1, 0.15) is 23.6 Å². The molecule has 118 valence electrons. The first kappa shape index (κ1) is 15.2. The van der Waals surface area contributed by atoms with Crippen LogP contribution in [0.5, 0.6) is 5.88 Å². The zero-order valence-electron chi connectivity index (χ0n) is 12.8. The van der Waals surface area contributed by atoms with E-state index in [0.29, 0.717) is 12.3 Å².